The number of hydrogen-bond donors (Lipinski definition) is 1. The number of nitrogens with zero attached hydrogens (tertiary/aromatic N) is 1. The molecule has 1 aromatic rings. The summed E-state index contributed by atoms with van der Waals surface area (Å²) < 4.78 is 5.21. The third-order valence-electron chi connectivity index (χ3n) is 2.23. The molecule has 16 heavy (non-hydrogen) atoms. The quantitative estimate of drug-likeness (QED) is 0.853. The summed E-state index contributed by atoms with van der Waals surface area (Å²) in [5, 5.41) is 8.87. The van der Waals surface area contributed by atoms with E-state index in [9.17, 15) is 4.79 Å². The Bertz CT molecular complexity index is 452. The maximum absolute atomic E-state index is 11.2. The lowest BCUT2D eigenvalue weighted by Gasteiger charge is -2.10. The number of ether oxygens (including phenoxy) is 1. The molecule has 0 saturated heterocycles. The number of methoxy groups -OCH3 is 1. The molecule has 0 amide bonds. The fraction of sp³-hybridized carbons (Fsp3) is 0.273. The normalized spacial score (nSPS) is 9.62. The summed E-state index contributed by atoms with van der Waals surface area (Å²) in [5.41, 5.74) is 7.60. The zero-order chi connectivity index (χ0) is 12.1. The predicted molar refractivity (Wildman–Crippen MR) is 62.5 cm³/mol. The predicted octanol–water partition coefficient (Wildman–Crippen LogP) is 1.49. The first-order valence-electron chi connectivity index (χ1n) is 4.61. The van der Waals surface area contributed by atoms with E-state index in [0.717, 1.165) is 5.56 Å². The van der Waals surface area contributed by atoms with Crippen molar-refractivity contribution in [2.24, 2.45) is 5.73 Å². The second-order valence-corrected chi connectivity index (χ2v) is 3.93. The van der Waals surface area contributed by atoms with Gasteiger partial charge < -0.3 is 10.5 Å². The highest BCUT2D eigenvalue weighted by Crippen LogP contribution is 2.25. The maximum atomic E-state index is 11.2. The van der Waals surface area contributed by atoms with Crippen LogP contribution >= 0.6 is 15.9 Å². The minimum absolute atomic E-state index is 0.110. The van der Waals surface area contributed by atoms with Crippen LogP contribution in [0.2, 0.25) is 0 Å². The van der Waals surface area contributed by atoms with E-state index in [1.807, 2.05) is 6.07 Å². The van der Waals surface area contributed by atoms with Crippen LogP contribution in [0.1, 0.15) is 16.7 Å². The molecule has 0 aliphatic rings. The largest absolute Gasteiger partial charge is 0.469 e. The number of rotatable bonds is 3. The molecule has 5 heteroatoms. The van der Waals surface area contributed by atoms with E-state index in [4.69, 9.17) is 11.0 Å². The highest BCUT2D eigenvalue weighted by molar-refractivity contribution is 9.10. The topological polar surface area (TPSA) is 76.1 Å². The number of nitriles is 1. The van der Waals surface area contributed by atoms with Gasteiger partial charge in [0.1, 0.15) is 6.07 Å². The molecule has 0 aliphatic carbocycles. The van der Waals surface area contributed by atoms with Gasteiger partial charge in [-0.2, -0.15) is 5.26 Å². The molecule has 4 nitrogen and oxygen atoms in total. The van der Waals surface area contributed by atoms with Gasteiger partial charge in [-0.3, -0.25) is 4.79 Å². The number of hydrogen-bond acceptors (Lipinski definition) is 4. The van der Waals surface area contributed by atoms with E-state index < -0.39 is 0 Å². The van der Waals surface area contributed by atoms with Gasteiger partial charge in [-0.25, -0.2) is 0 Å². The van der Waals surface area contributed by atoms with Crippen molar-refractivity contribution in [3.63, 3.8) is 0 Å². The molecule has 84 valence electrons. The molecular weight excluding hydrogens is 272 g/mol. The molecule has 0 heterocycles. The van der Waals surface area contributed by atoms with Crippen LogP contribution in [0.15, 0.2) is 16.6 Å². The van der Waals surface area contributed by atoms with Crippen LogP contribution in [0, 0.1) is 11.3 Å². The van der Waals surface area contributed by atoms with Gasteiger partial charge in [0.2, 0.25) is 0 Å². The Morgan fingerprint density at radius 2 is 2.31 bits per heavy atom. The van der Waals surface area contributed by atoms with Crippen LogP contribution in [0.5, 0.6) is 0 Å². The molecule has 0 radical (unpaired) electrons. The standard InChI is InChI=1S/C11H11BrN2O2/c1-16-10(15)4-9-7(5-13)2-3-8(6-14)11(9)12/h2-3H,4-5,13H2,1H3. The van der Waals surface area contributed by atoms with Crippen LogP contribution in [0.3, 0.4) is 0 Å². The van der Waals surface area contributed by atoms with Crippen LogP contribution in [0.25, 0.3) is 0 Å². The van der Waals surface area contributed by atoms with Crippen molar-refractivity contribution in [1.82, 2.24) is 0 Å². The summed E-state index contributed by atoms with van der Waals surface area (Å²) in [6.45, 7) is 0.316. The average molecular weight is 283 g/mol. The minimum atomic E-state index is -0.356. The number of esters is 1. The van der Waals surface area contributed by atoms with Gasteiger partial charge >= 0.3 is 5.97 Å². The number of carbonyl (C=O) groups excluding carboxylic acids is 1. The smallest absolute Gasteiger partial charge is 0.310 e. The molecule has 0 bridgehead atoms. The van der Waals surface area contributed by atoms with Crippen molar-refractivity contribution >= 4 is 21.9 Å². The third-order valence-corrected chi connectivity index (χ3v) is 3.14. The summed E-state index contributed by atoms with van der Waals surface area (Å²) in [4.78, 5) is 11.2. The van der Waals surface area contributed by atoms with Gasteiger partial charge in [-0.05, 0) is 33.1 Å². The molecule has 0 aliphatic heterocycles. The lowest BCUT2D eigenvalue weighted by Crippen LogP contribution is -2.10. The van der Waals surface area contributed by atoms with Gasteiger partial charge in [0.05, 0.1) is 19.1 Å². The summed E-state index contributed by atoms with van der Waals surface area (Å²) in [5.74, 6) is -0.356. The summed E-state index contributed by atoms with van der Waals surface area (Å²) in [7, 11) is 1.33. The fourth-order valence-corrected chi connectivity index (χ4v) is 1.96. The van der Waals surface area contributed by atoms with Gasteiger partial charge in [0.15, 0.2) is 0 Å². The Balaban J connectivity index is 3.22. The number of carbonyl (C=O) groups is 1. The Morgan fingerprint density at radius 3 is 2.81 bits per heavy atom. The van der Waals surface area contributed by atoms with Crippen LogP contribution in [0.4, 0.5) is 0 Å². The maximum Gasteiger partial charge on any atom is 0.310 e. The monoisotopic (exact) mass is 282 g/mol. The lowest BCUT2D eigenvalue weighted by atomic mass is 10.0. The molecule has 0 aromatic heterocycles. The summed E-state index contributed by atoms with van der Waals surface area (Å²) >= 11 is 3.30. The van der Waals surface area contributed by atoms with Crippen molar-refractivity contribution in [2.45, 2.75) is 13.0 Å². The van der Waals surface area contributed by atoms with Gasteiger partial charge in [-0.15, -0.1) is 0 Å². The number of nitrogens with two attached hydrogens (primary N) is 1. The van der Waals surface area contributed by atoms with Gasteiger partial charge in [-0.1, -0.05) is 6.07 Å². The van der Waals surface area contributed by atoms with Gasteiger partial charge in [0.25, 0.3) is 0 Å². The Kier molecular flexibility index (Phi) is 4.47. The number of halogens is 1. The van der Waals surface area contributed by atoms with Crippen LogP contribution < -0.4 is 5.73 Å². The second-order valence-electron chi connectivity index (χ2n) is 3.13. The minimum Gasteiger partial charge on any atom is -0.469 e. The van der Waals surface area contributed by atoms with Crippen molar-refractivity contribution in [3.05, 3.63) is 33.3 Å². The molecule has 0 unspecified atom stereocenters. The molecule has 1 aromatic carbocycles. The van der Waals surface area contributed by atoms with E-state index in [-0.39, 0.29) is 12.4 Å². The highest BCUT2D eigenvalue weighted by Gasteiger charge is 2.14. The highest BCUT2D eigenvalue weighted by atomic mass is 79.9. The summed E-state index contributed by atoms with van der Waals surface area (Å²) in [6, 6.07) is 5.46. The Hall–Kier alpha value is -1.38. The Morgan fingerprint density at radius 1 is 1.62 bits per heavy atom. The van der Waals surface area contributed by atoms with E-state index in [1.54, 1.807) is 12.1 Å². The first-order chi connectivity index (χ1) is 7.63. The molecule has 1 rings (SSSR count). The first-order valence-corrected chi connectivity index (χ1v) is 5.40. The Labute approximate surface area is 102 Å². The van der Waals surface area contributed by atoms with E-state index in [0.29, 0.717) is 22.1 Å². The van der Waals surface area contributed by atoms with Crippen molar-refractivity contribution < 1.29 is 9.53 Å². The average Bonchev–Trinajstić information content (AvgIpc) is 2.31. The van der Waals surface area contributed by atoms with E-state index in [2.05, 4.69) is 20.7 Å². The fourth-order valence-electron chi connectivity index (χ4n) is 1.35. The first kappa shape index (κ1) is 12.7. The van der Waals surface area contributed by atoms with E-state index in [1.165, 1.54) is 7.11 Å². The number of benzene rings is 1. The van der Waals surface area contributed by atoms with Crippen molar-refractivity contribution in [3.8, 4) is 6.07 Å². The molecule has 0 atom stereocenters. The SMILES string of the molecule is COC(=O)Cc1c(CN)ccc(C#N)c1Br. The van der Waals surface area contributed by atoms with Crippen LogP contribution in [-0.4, -0.2) is 13.1 Å². The molecular formula is C11H11BrN2O2. The molecule has 2 N–H and O–H groups in total. The second kappa shape index (κ2) is 5.64. The third kappa shape index (κ3) is 2.60. The zero-order valence-corrected chi connectivity index (χ0v) is 10.4. The molecule has 0 saturated carbocycles. The van der Waals surface area contributed by atoms with Crippen LogP contribution in [-0.2, 0) is 22.5 Å². The zero-order valence-electron chi connectivity index (χ0n) is 8.79. The van der Waals surface area contributed by atoms with Gasteiger partial charge in [0, 0.05) is 11.0 Å². The van der Waals surface area contributed by atoms with Crippen molar-refractivity contribution in [1.29, 1.82) is 5.26 Å². The van der Waals surface area contributed by atoms with E-state index >= 15 is 0 Å². The lowest BCUT2D eigenvalue weighted by molar-refractivity contribution is -0.139. The van der Waals surface area contributed by atoms with Crippen molar-refractivity contribution in [2.75, 3.05) is 7.11 Å². The molecule has 0 fully saturated rings. The summed E-state index contributed by atoms with van der Waals surface area (Å²) in [6.07, 6.45) is 0.110. The molecule has 0 spiro atoms.